The number of nitrogen functional groups attached to an aromatic ring is 1. The molecule has 0 saturated carbocycles. The lowest BCUT2D eigenvalue weighted by Crippen LogP contribution is -2.41. The zero-order valence-corrected chi connectivity index (χ0v) is 12.5. The van der Waals surface area contributed by atoms with Crippen LogP contribution in [0.1, 0.15) is 6.23 Å². The highest BCUT2D eigenvalue weighted by Gasteiger charge is 2.46. The van der Waals surface area contributed by atoms with Gasteiger partial charge in [0, 0.05) is 12.3 Å². The summed E-state index contributed by atoms with van der Waals surface area (Å²) >= 11 is 0. The van der Waals surface area contributed by atoms with E-state index in [1.54, 1.807) is 24.3 Å². The minimum Gasteiger partial charge on any atom is -0.481 e. The van der Waals surface area contributed by atoms with Crippen LogP contribution in [0.15, 0.2) is 46.1 Å². The van der Waals surface area contributed by atoms with Gasteiger partial charge in [0.05, 0.1) is 12.3 Å². The Bertz CT molecular complexity index is 832. The van der Waals surface area contributed by atoms with Crippen LogP contribution in [0.25, 0.3) is 0 Å². The molecule has 24 heavy (non-hydrogen) atoms. The molecule has 0 spiro atoms. The highest BCUT2D eigenvalue weighted by molar-refractivity contribution is 5.52. The van der Waals surface area contributed by atoms with Crippen LogP contribution in [0, 0.1) is 0 Å². The molecule has 1 aromatic carbocycles. The maximum absolute atomic E-state index is 12.0. The third-order valence-corrected chi connectivity index (χ3v) is 3.80. The Balaban J connectivity index is 1.98. The normalized spacial score (nSPS) is 26.4. The molecule has 1 fully saturated rings. The second kappa shape index (κ2) is 6.48. The standard InChI is InChI=1S/C15H17N3O6/c16-8-3-1-2-4-9(8)23-13-12(21)10(7-19)24-14(13)18-6-5-11(20)17-15(18)22/h1-6,10,12-14,19,21H,7,16H2,(H,17,20,22)/t10-,12-,13-,14-/m1/s1. The highest BCUT2D eigenvalue weighted by Crippen LogP contribution is 2.33. The van der Waals surface area contributed by atoms with Gasteiger partial charge in [0.15, 0.2) is 12.3 Å². The van der Waals surface area contributed by atoms with Gasteiger partial charge in [-0.2, -0.15) is 0 Å². The molecule has 0 aliphatic carbocycles. The number of nitrogens with two attached hydrogens (primary N) is 1. The van der Waals surface area contributed by atoms with E-state index >= 15 is 0 Å². The molecule has 4 atom stereocenters. The number of H-pyrrole nitrogens is 1. The number of benzene rings is 1. The number of aliphatic hydroxyl groups excluding tert-OH is 2. The Morgan fingerprint density at radius 1 is 1.29 bits per heavy atom. The highest BCUT2D eigenvalue weighted by atomic mass is 16.6. The molecule has 128 valence electrons. The fourth-order valence-corrected chi connectivity index (χ4v) is 2.58. The number of nitrogens with zero attached hydrogens (tertiary/aromatic N) is 1. The summed E-state index contributed by atoms with van der Waals surface area (Å²) in [5.41, 5.74) is 4.91. The van der Waals surface area contributed by atoms with E-state index in [9.17, 15) is 19.8 Å². The first-order valence-electron chi connectivity index (χ1n) is 7.28. The maximum Gasteiger partial charge on any atom is 0.330 e. The summed E-state index contributed by atoms with van der Waals surface area (Å²) in [6.07, 6.45) is -2.94. The van der Waals surface area contributed by atoms with Crippen molar-refractivity contribution in [2.45, 2.75) is 24.5 Å². The van der Waals surface area contributed by atoms with Crippen LogP contribution in [0.4, 0.5) is 5.69 Å². The van der Waals surface area contributed by atoms with Crippen LogP contribution in [-0.2, 0) is 4.74 Å². The zero-order chi connectivity index (χ0) is 17.3. The average Bonchev–Trinajstić information content (AvgIpc) is 2.86. The number of anilines is 1. The lowest BCUT2D eigenvalue weighted by atomic mass is 10.1. The van der Waals surface area contributed by atoms with E-state index in [-0.39, 0.29) is 0 Å². The summed E-state index contributed by atoms with van der Waals surface area (Å²) in [5.74, 6) is 0.311. The molecule has 0 bridgehead atoms. The number of aromatic nitrogens is 2. The Labute approximate surface area is 135 Å². The van der Waals surface area contributed by atoms with Gasteiger partial charge in [-0.1, -0.05) is 12.1 Å². The molecule has 0 amide bonds. The Morgan fingerprint density at radius 2 is 2.04 bits per heavy atom. The van der Waals surface area contributed by atoms with Gasteiger partial charge in [-0.05, 0) is 12.1 Å². The van der Waals surface area contributed by atoms with Crippen molar-refractivity contribution in [3.63, 3.8) is 0 Å². The molecular formula is C15H17N3O6. The minimum absolute atomic E-state index is 0.311. The molecule has 9 nitrogen and oxygen atoms in total. The lowest BCUT2D eigenvalue weighted by Gasteiger charge is -2.23. The largest absolute Gasteiger partial charge is 0.481 e. The van der Waals surface area contributed by atoms with Crippen molar-refractivity contribution in [2.24, 2.45) is 0 Å². The monoisotopic (exact) mass is 335 g/mol. The Morgan fingerprint density at radius 3 is 2.71 bits per heavy atom. The van der Waals surface area contributed by atoms with E-state index in [4.69, 9.17) is 15.2 Å². The average molecular weight is 335 g/mol. The van der Waals surface area contributed by atoms with Crippen LogP contribution in [-0.4, -0.2) is 44.7 Å². The molecule has 1 aromatic heterocycles. The molecule has 5 N–H and O–H groups in total. The Hall–Kier alpha value is -2.62. The summed E-state index contributed by atoms with van der Waals surface area (Å²) in [5, 5.41) is 19.7. The number of rotatable bonds is 4. The molecule has 1 aliphatic rings. The molecule has 1 aliphatic heterocycles. The number of hydrogen-bond donors (Lipinski definition) is 4. The van der Waals surface area contributed by atoms with Crippen molar-refractivity contribution < 1.29 is 19.7 Å². The summed E-state index contributed by atoms with van der Waals surface area (Å²) in [6.45, 7) is -0.458. The molecule has 1 saturated heterocycles. The number of nitrogens with one attached hydrogen (secondary N) is 1. The van der Waals surface area contributed by atoms with Gasteiger partial charge in [-0.15, -0.1) is 0 Å². The molecule has 0 unspecified atom stereocenters. The van der Waals surface area contributed by atoms with Crippen molar-refractivity contribution in [1.82, 2.24) is 9.55 Å². The van der Waals surface area contributed by atoms with Gasteiger partial charge in [0.1, 0.15) is 18.0 Å². The maximum atomic E-state index is 12.0. The van der Waals surface area contributed by atoms with Crippen LogP contribution in [0.5, 0.6) is 5.75 Å². The van der Waals surface area contributed by atoms with Crippen molar-refractivity contribution in [1.29, 1.82) is 0 Å². The van der Waals surface area contributed by atoms with Crippen LogP contribution >= 0.6 is 0 Å². The predicted octanol–water partition coefficient (Wildman–Crippen LogP) is -1.18. The van der Waals surface area contributed by atoms with Crippen LogP contribution in [0.3, 0.4) is 0 Å². The van der Waals surface area contributed by atoms with Crippen molar-refractivity contribution in [3.8, 4) is 5.75 Å². The van der Waals surface area contributed by atoms with Gasteiger partial charge < -0.3 is 25.4 Å². The van der Waals surface area contributed by atoms with E-state index in [0.29, 0.717) is 11.4 Å². The fourth-order valence-electron chi connectivity index (χ4n) is 2.58. The van der Waals surface area contributed by atoms with E-state index in [1.165, 1.54) is 6.20 Å². The first-order chi connectivity index (χ1) is 11.5. The molecule has 0 radical (unpaired) electrons. The number of ether oxygens (including phenoxy) is 2. The minimum atomic E-state index is -1.20. The third-order valence-electron chi connectivity index (χ3n) is 3.80. The predicted molar refractivity (Wildman–Crippen MR) is 83.6 cm³/mol. The summed E-state index contributed by atoms with van der Waals surface area (Å²) < 4.78 is 12.4. The molecule has 9 heteroatoms. The second-order valence-electron chi connectivity index (χ2n) is 5.38. The van der Waals surface area contributed by atoms with Crippen molar-refractivity contribution >= 4 is 5.69 Å². The molecule has 3 rings (SSSR count). The quantitative estimate of drug-likeness (QED) is 0.515. The van der Waals surface area contributed by atoms with Crippen LogP contribution < -0.4 is 21.7 Å². The van der Waals surface area contributed by atoms with Crippen molar-refractivity contribution in [3.05, 3.63) is 57.4 Å². The molecule has 2 aromatic rings. The second-order valence-corrected chi connectivity index (χ2v) is 5.38. The number of aromatic amines is 1. The topological polar surface area (TPSA) is 140 Å². The van der Waals surface area contributed by atoms with Crippen molar-refractivity contribution in [2.75, 3.05) is 12.3 Å². The zero-order valence-electron chi connectivity index (χ0n) is 12.5. The van der Waals surface area contributed by atoms with Gasteiger partial charge in [-0.25, -0.2) is 4.79 Å². The lowest BCUT2D eigenvalue weighted by molar-refractivity contribution is -0.0523. The molecule has 2 heterocycles. The number of aliphatic hydroxyl groups is 2. The first-order valence-corrected chi connectivity index (χ1v) is 7.28. The number of para-hydroxylation sites is 2. The van der Waals surface area contributed by atoms with E-state index in [2.05, 4.69) is 4.98 Å². The smallest absolute Gasteiger partial charge is 0.330 e. The summed E-state index contributed by atoms with van der Waals surface area (Å²) in [7, 11) is 0. The summed E-state index contributed by atoms with van der Waals surface area (Å²) in [6, 6.07) is 7.82. The van der Waals surface area contributed by atoms with Gasteiger partial charge in [0.25, 0.3) is 5.56 Å². The van der Waals surface area contributed by atoms with E-state index < -0.39 is 42.4 Å². The Kier molecular flexibility index (Phi) is 4.38. The SMILES string of the molecule is Nc1ccccc1O[C@@H]1[C@H](O)[C@@H](CO)O[C@H]1n1ccc(=O)[nH]c1=O. The van der Waals surface area contributed by atoms with Gasteiger partial charge >= 0.3 is 5.69 Å². The third kappa shape index (κ3) is 2.92. The van der Waals surface area contributed by atoms with Gasteiger partial charge in [-0.3, -0.25) is 14.3 Å². The number of hydrogen-bond acceptors (Lipinski definition) is 7. The molecular weight excluding hydrogens is 318 g/mol. The van der Waals surface area contributed by atoms with E-state index in [0.717, 1.165) is 10.6 Å². The van der Waals surface area contributed by atoms with Gasteiger partial charge in [0.2, 0.25) is 0 Å². The van der Waals surface area contributed by atoms with Crippen LogP contribution in [0.2, 0.25) is 0 Å². The first kappa shape index (κ1) is 16.2. The summed E-state index contributed by atoms with van der Waals surface area (Å²) in [4.78, 5) is 25.3. The fraction of sp³-hybridized carbons (Fsp3) is 0.333. The van der Waals surface area contributed by atoms with E-state index in [1.807, 2.05) is 0 Å².